The van der Waals surface area contributed by atoms with E-state index in [1.54, 1.807) is 13.0 Å². The molecule has 1 aromatic rings. The Morgan fingerprint density at radius 1 is 1.48 bits per heavy atom. The maximum atomic E-state index is 11.4. The Balaban J connectivity index is 2.36. The summed E-state index contributed by atoms with van der Waals surface area (Å²) in [7, 11) is 0. The van der Waals surface area contributed by atoms with Gasteiger partial charge in [0.15, 0.2) is 6.29 Å². The summed E-state index contributed by atoms with van der Waals surface area (Å²) in [5, 5.41) is 19.7. The van der Waals surface area contributed by atoms with E-state index in [4.69, 9.17) is 4.74 Å². The lowest BCUT2D eigenvalue weighted by molar-refractivity contribution is 0.111. The fourth-order valence-electron chi connectivity index (χ4n) is 2.65. The van der Waals surface area contributed by atoms with Crippen LogP contribution in [-0.4, -0.2) is 28.7 Å². The summed E-state index contributed by atoms with van der Waals surface area (Å²) in [6.45, 7) is 5.67. The molecule has 0 amide bonds. The molecule has 2 atom stereocenters. The van der Waals surface area contributed by atoms with Crippen molar-refractivity contribution >= 4 is 6.29 Å². The van der Waals surface area contributed by atoms with Gasteiger partial charge in [0.25, 0.3) is 0 Å². The maximum absolute atomic E-state index is 11.4. The van der Waals surface area contributed by atoms with Crippen LogP contribution in [0, 0.1) is 0 Å². The van der Waals surface area contributed by atoms with Gasteiger partial charge in [0, 0.05) is 11.1 Å². The molecule has 124 valence electrons. The Kier molecular flexibility index (Phi) is 5.61. The van der Waals surface area contributed by atoms with E-state index in [2.05, 4.69) is 0 Å². The van der Waals surface area contributed by atoms with E-state index >= 15 is 0 Å². The summed E-state index contributed by atoms with van der Waals surface area (Å²) in [5.41, 5.74) is 2.93. The van der Waals surface area contributed by atoms with Crippen molar-refractivity contribution in [1.82, 2.24) is 0 Å². The molecule has 0 radical (unpaired) electrons. The van der Waals surface area contributed by atoms with Gasteiger partial charge in [-0.1, -0.05) is 17.7 Å². The van der Waals surface area contributed by atoms with E-state index in [0.29, 0.717) is 42.4 Å². The molecule has 1 aliphatic heterocycles. The van der Waals surface area contributed by atoms with Gasteiger partial charge in [0.2, 0.25) is 0 Å². The number of aromatic hydroxyl groups is 1. The van der Waals surface area contributed by atoms with Crippen LogP contribution in [0.5, 0.6) is 11.5 Å². The molecule has 1 heterocycles. The Morgan fingerprint density at radius 2 is 2.22 bits per heavy atom. The van der Waals surface area contributed by atoms with Crippen LogP contribution in [0.3, 0.4) is 0 Å². The largest absolute Gasteiger partial charge is 0.507 e. The lowest BCUT2D eigenvalue weighted by Crippen LogP contribution is -2.22. The van der Waals surface area contributed by atoms with Crippen molar-refractivity contribution in [1.29, 1.82) is 0 Å². The zero-order chi connectivity index (χ0) is 17.0. The lowest BCUT2D eigenvalue weighted by atomic mass is 9.93. The van der Waals surface area contributed by atoms with Crippen LogP contribution < -0.4 is 4.74 Å². The fraction of sp³-hybridized carbons (Fsp3) is 0.421. The number of carbonyl (C=O) groups is 1. The number of phenols is 1. The fourth-order valence-corrected chi connectivity index (χ4v) is 2.65. The van der Waals surface area contributed by atoms with Crippen molar-refractivity contribution in [2.24, 2.45) is 0 Å². The monoisotopic (exact) mass is 316 g/mol. The lowest BCUT2D eigenvalue weighted by Gasteiger charge is -2.26. The zero-order valence-electron chi connectivity index (χ0n) is 13.9. The number of phenolic OH excluding ortho intramolecular Hbond substituents is 1. The van der Waals surface area contributed by atoms with E-state index in [9.17, 15) is 15.0 Å². The van der Waals surface area contributed by atoms with Crippen molar-refractivity contribution in [3.8, 4) is 11.5 Å². The molecule has 0 bridgehead atoms. The highest BCUT2D eigenvalue weighted by Crippen LogP contribution is 2.37. The summed E-state index contributed by atoms with van der Waals surface area (Å²) >= 11 is 0. The number of aliphatic hydroxyl groups excluding tert-OH is 1. The van der Waals surface area contributed by atoms with Gasteiger partial charge in [-0.3, -0.25) is 4.79 Å². The van der Waals surface area contributed by atoms with Crippen molar-refractivity contribution < 1.29 is 19.7 Å². The van der Waals surface area contributed by atoms with Gasteiger partial charge in [0.1, 0.15) is 17.6 Å². The molecule has 0 saturated heterocycles. The van der Waals surface area contributed by atoms with E-state index < -0.39 is 6.10 Å². The zero-order valence-corrected chi connectivity index (χ0v) is 13.9. The maximum Gasteiger partial charge on any atom is 0.154 e. The second kappa shape index (κ2) is 7.47. The Morgan fingerprint density at radius 3 is 2.83 bits per heavy atom. The minimum atomic E-state index is -0.515. The van der Waals surface area contributed by atoms with Crippen LogP contribution in [0.25, 0.3) is 0 Å². The minimum Gasteiger partial charge on any atom is -0.507 e. The normalized spacial score (nSPS) is 18.2. The predicted octanol–water partition coefficient (Wildman–Crippen LogP) is 3.34. The average molecular weight is 316 g/mol. The number of hydrogen-bond donors (Lipinski definition) is 2. The van der Waals surface area contributed by atoms with Crippen LogP contribution in [0.4, 0.5) is 0 Å². The summed E-state index contributed by atoms with van der Waals surface area (Å²) in [6.07, 6.45) is 7.53. The Bertz CT molecular complexity index is 637. The summed E-state index contributed by atoms with van der Waals surface area (Å²) in [6, 6.07) is 1.82. The van der Waals surface area contributed by atoms with Crippen molar-refractivity contribution in [2.45, 2.75) is 52.2 Å². The number of rotatable bonds is 5. The highest BCUT2D eigenvalue weighted by molar-refractivity contribution is 5.84. The molecule has 4 nitrogen and oxygen atoms in total. The van der Waals surface area contributed by atoms with Crippen LogP contribution in [0.15, 0.2) is 29.9 Å². The minimum absolute atomic E-state index is 0.0535. The molecule has 4 heteroatoms. The van der Waals surface area contributed by atoms with Gasteiger partial charge in [0.05, 0.1) is 11.7 Å². The second-order valence-corrected chi connectivity index (χ2v) is 6.20. The molecule has 0 aromatic heterocycles. The quantitative estimate of drug-likeness (QED) is 0.646. The van der Waals surface area contributed by atoms with E-state index in [-0.39, 0.29) is 11.9 Å². The third-order valence-electron chi connectivity index (χ3n) is 3.90. The van der Waals surface area contributed by atoms with E-state index in [1.807, 2.05) is 32.1 Å². The first-order valence-corrected chi connectivity index (χ1v) is 7.91. The average Bonchev–Trinajstić information content (AvgIpc) is 2.50. The van der Waals surface area contributed by atoms with Crippen molar-refractivity contribution in [3.05, 3.63) is 46.6 Å². The smallest absolute Gasteiger partial charge is 0.154 e. The number of allylic oxidation sites excluding steroid dienone is 2. The van der Waals surface area contributed by atoms with Gasteiger partial charge >= 0.3 is 0 Å². The van der Waals surface area contributed by atoms with Gasteiger partial charge in [-0.05, 0) is 52.2 Å². The predicted molar refractivity (Wildman–Crippen MR) is 90.2 cm³/mol. The molecule has 0 aliphatic carbocycles. The van der Waals surface area contributed by atoms with Crippen LogP contribution >= 0.6 is 0 Å². The molecule has 1 aromatic carbocycles. The van der Waals surface area contributed by atoms with E-state index in [1.165, 1.54) is 0 Å². The SMILES string of the molecule is CC(C)=CCc1cc2c(c(C=O)c1O)CCC(/C=C/C(C)O)O2. The number of hydrogen-bond acceptors (Lipinski definition) is 4. The summed E-state index contributed by atoms with van der Waals surface area (Å²) < 4.78 is 5.94. The highest BCUT2D eigenvalue weighted by atomic mass is 16.5. The van der Waals surface area contributed by atoms with Crippen LogP contribution in [-0.2, 0) is 12.8 Å². The van der Waals surface area contributed by atoms with Gasteiger partial charge in [-0.15, -0.1) is 0 Å². The van der Waals surface area contributed by atoms with Crippen LogP contribution in [0.1, 0.15) is 48.7 Å². The molecule has 2 rings (SSSR count). The molecule has 23 heavy (non-hydrogen) atoms. The molecule has 0 spiro atoms. The third-order valence-corrected chi connectivity index (χ3v) is 3.90. The first kappa shape index (κ1) is 17.3. The van der Waals surface area contributed by atoms with Crippen molar-refractivity contribution in [2.75, 3.05) is 0 Å². The standard InChI is InChI=1S/C19H24O4/c1-12(2)4-6-14-10-18-16(17(11-20)19(14)22)9-8-15(23-18)7-5-13(3)21/h4-5,7,10-11,13,15,21-22H,6,8-9H2,1-3H3/b7-5+. The van der Waals surface area contributed by atoms with Gasteiger partial charge in [-0.2, -0.15) is 0 Å². The number of aliphatic hydroxyl groups is 1. The summed E-state index contributed by atoms with van der Waals surface area (Å²) in [4.78, 5) is 11.4. The number of benzene rings is 1. The van der Waals surface area contributed by atoms with E-state index in [0.717, 1.165) is 11.1 Å². The number of ether oxygens (including phenoxy) is 1. The highest BCUT2D eigenvalue weighted by Gasteiger charge is 2.24. The Hall–Kier alpha value is -2.07. The summed E-state index contributed by atoms with van der Waals surface area (Å²) in [5.74, 6) is 0.700. The molecule has 1 aliphatic rings. The topological polar surface area (TPSA) is 66.8 Å². The van der Waals surface area contributed by atoms with Gasteiger partial charge in [-0.25, -0.2) is 0 Å². The van der Waals surface area contributed by atoms with Crippen molar-refractivity contribution in [3.63, 3.8) is 0 Å². The van der Waals surface area contributed by atoms with Gasteiger partial charge < -0.3 is 14.9 Å². The molecule has 2 N–H and O–H groups in total. The first-order chi connectivity index (χ1) is 10.9. The molecule has 0 fully saturated rings. The second-order valence-electron chi connectivity index (χ2n) is 6.20. The van der Waals surface area contributed by atoms with Crippen LogP contribution in [0.2, 0.25) is 0 Å². The number of carbonyl (C=O) groups excluding carboxylic acids is 1. The third kappa shape index (κ3) is 4.23. The Labute approximate surface area is 137 Å². The first-order valence-electron chi connectivity index (χ1n) is 7.91. The molecular formula is C19H24O4. The number of fused-ring (bicyclic) bond motifs is 1. The number of aldehydes is 1. The molecule has 2 unspecified atom stereocenters. The molecular weight excluding hydrogens is 292 g/mol. The molecule has 0 saturated carbocycles.